The maximum absolute atomic E-state index is 12.8. The molecule has 166 valence electrons. The molecule has 0 aliphatic carbocycles. The first-order chi connectivity index (χ1) is 15.3. The number of sulfonamides is 1. The summed E-state index contributed by atoms with van der Waals surface area (Å²) in [5.74, 6) is -0.702. The minimum absolute atomic E-state index is 0.0296. The van der Waals surface area contributed by atoms with Crippen molar-refractivity contribution in [2.45, 2.75) is 21.6 Å². The number of amides is 2. The summed E-state index contributed by atoms with van der Waals surface area (Å²) < 4.78 is 26.6. The van der Waals surface area contributed by atoms with Gasteiger partial charge in [0, 0.05) is 29.4 Å². The summed E-state index contributed by atoms with van der Waals surface area (Å²) in [6, 6.07) is 22.9. The molecule has 2 amide bonds. The lowest BCUT2D eigenvalue weighted by Crippen LogP contribution is -2.35. The van der Waals surface area contributed by atoms with Gasteiger partial charge in [0.05, 0.1) is 17.1 Å². The molecule has 3 aromatic rings. The molecule has 0 heterocycles. The summed E-state index contributed by atoms with van der Waals surface area (Å²) in [5.41, 5.74) is 1.10. The molecule has 0 radical (unpaired) electrons. The lowest BCUT2D eigenvalue weighted by Gasteiger charge is -2.18. The van der Waals surface area contributed by atoms with Gasteiger partial charge in [-0.3, -0.25) is 9.59 Å². The van der Waals surface area contributed by atoms with E-state index >= 15 is 0 Å². The van der Waals surface area contributed by atoms with Crippen LogP contribution in [0.25, 0.3) is 0 Å². The van der Waals surface area contributed by atoms with Gasteiger partial charge in [0.2, 0.25) is 21.8 Å². The number of para-hydroxylation sites is 1. The van der Waals surface area contributed by atoms with Gasteiger partial charge in [-0.1, -0.05) is 42.1 Å². The summed E-state index contributed by atoms with van der Waals surface area (Å²) in [6.07, 6.45) is 0. The fraction of sp³-hybridized carbons (Fsp3) is 0.130. The van der Waals surface area contributed by atoms with Crippen molar-refractivity contribution in [3.8, 4) is 0 Å². The summed E-state index contributed by atoms with van der Waals surface area (Å²) in [7, 11) is -2.53. The molecule has 0 atom stereocenters. The molecular formula is C23H23N3O4S2. The van der Waals surface area contributed by atoms with Gasteiger partial charge >= 0.3 is 0 Å². The van der Waals surface area contributed by atoms with E-state index in [9.17, 15) is 18.0 Å². The molecule has 0 bridgehead atoms. The highest BCUT2D eigenvalue weighted by Crippen LogP contribution is 2.33. The number of benzene rings is 3. The number of rotatable bonds is 8. The maximum Gasteiger partial charge on any atom is 0.243 e. The Balaban J connectivity index is 1.67. The number of hydrogen-bond acceptors (Lipinski definition) is 5. The molecule has 0 spiro atoms. The van der Waals surface area contributed by atoms with Crippen molar-refractivity contribution in [3.63, 3.8) is 0 Å². The van der Waals surface area contributed by atoms with Crippen LogP contribution in [0.3, 0.4) is 0 Å². The zero-order chi connectivity index (χ0) is 23.1. The third kappa shape index (κ3) is 6.19. The van der Waals surface area contributed by atoms with E-state index in [4.69, 9.17) is 0 Å². The predicted octanol–water partition coefficient (Wildman–Crippen LogP) is 4.06. The Labute approximate surface area is 191 Å². The number of likely N-dealkylation sites (N-methyl/N-ethyl adjacent to an activating group) is 1. The Morgan fingerprint density at radius 2 is 1.50 bits per heavy atom. The largest absolute Gasteiger partial charge is 0.326 e. The van der Waals surface area contributed by atoms with E-state index in [-0.39, 0.29) is 17.3 Å². The lowest BCUT2D eigenvalue weighted by molar-refractivity contribution is -0.116. The second-order valence-electron chi connectivity index (χ2n) is 6.93. The van der Waals surface area contributed by atoms with Gasteiger partial charge in [0.25, 0.3) is 0 Å². The van der Waals surface area contributed by atoms with E-state index in [0.29, 0.717) is 11.4 Å². The van der Waals surface area contributed by atoms with Gasteiger partial charge in [-0.05, 0) is 48.5 Å². The van der Waals surface area contributed by atoms with Crippen LogP contribution in [0.15, 0.2) is 93.5 Å². The molecular weight excluding hydrogens is 446 g/mol. The molecule has 0 aliphatic heterocycles. The van der Waals surface area contributed by atoms with Gasteiger partial charge in [0.1, 0.15) is 0 Å². The minimum atomic E-state index is -3.88. The topological polar surface area (TPSA) is 95.6 Å². The third-order valence-corrected chi connectivity index (χ3v) is 7.28. The first kappa shape index (κ1) is 23.5. The van der Waals surface area contributed by atoms with E-state index < -0.39 is 15.9 Å². The van der Waals surface area contributed by atoms with Crippen LogP contribution in [-0.4, -0.2) is 38.1 Å². The van der Waals surface area contributed by atoms with Crippen LogP contribution < -0.4 is 10.6 Å². The molecule has 9 heteroatoms. The van der Waals surface area contributed by atoms with Crippen LogP contribution in [-0.2, 0) is 19.6 Å². The molecule has 0 fully saturated rings. The molecule has 2 N–H and O–H groups in total. The zero-order valence-electron chi connectivity index (χ0n) is 17.6. The minimum Gasteiger partial charge on any atom is -0.326 e. The smallest absolute Gasteiger partial charge is 0.243 e. The van der Waals surface area contributed by atoms with E-state index in [1.807, 2.05) is 48.5 Å². The standard InChI is InChI=1S/C23H23N3O4S2/c1-17(27)24-18-12-14-20(15-13-18)32(29,30)26(2)16-23(28)25-21-10-6-7-11-22(21)31-19-8-4-3-5-9-19/h3-15H,16H2,1-2H3,(H,24,27)(H,25,28). The van der Waals surface area contributed by atoms with E-state index in [1.165, 1.54) is 50.0 Å². The monoisotopic (exact) mass is 469 g/mol. The van der Waals surface area contributed by atoms with Gasteiger partial charge in [0.15, 0.2) is 0 Å². The first-order valence-electron chi connectivity index (χ1n) is 9.71. The molecule has 3 rings (SSSR count). The fourth-order valence-electron chi connectivity index (χ4n) is 2.84. The highest BCUT2D eigenvalue weighted by Gasteiger charge is 2.23. The summed E-state index contributed by atoms with van der Waals surface area (Å²) >= 11 is 1.51. The molecule has 7 nitrogen and oxygen atoms in total. The van der Waals surface area contributed by atoms with Gasteiger partial charge in [-0.2, -0.15) is 4.31 Å². The van der Waals surface area contributed by atoms with Crippen LogP contribution in [0.2, 0.25) is 0 Å². The fourth-order valence-corrected chi connectivity index (χ4v) is 4.89. The Kier molecular flexibility index (Phi) is 7.68. The number of nitrogens with zero attached hydrogens (tertiary/aromatic N) is 1. The number of hydrogen-bond donors (Lipinski definition) is 2. The molecule has 32 heavy (non-hydrogen) atoms. The van der Waals surface area contributed by atoms with Gasteiger partial charge in [-0.25, -0.2) is 8.42 Å². The SMILES string of the molecule is CC(=O)Nc1ccc(S(=O)(=O)N(C)CC(=O)Nc2ccccc2Sc2ccccc2)cc1. The van der Waals surface area contributed by atoms with E-state index in [1.54, 1.807) is 6.07 Å². The third-order valence-electron chi connectivity index (χ3n) is 4.38. The average Bonchev–Trinajstić information content (AvgIpc) is 2.76. The van der Waals surface area contributed by atoms with Crippen molar-refractivity contribution in [2.75, 3.05) is 24.2 Å². The Bertz CT molecular complexity index is 1200. The van der Waals surface area contributed by atoms with Crippen LogP contribution >= 0.6 is 11.8 Å². The number of carbonyl (C=O) groups excluding carboxylic acids is 2. The van der Waals surface area contributed by atoms with Gasteiger partial charge in [-0.15, -0.1) is 0 Å². The number of anilines is 2. The normalized spacial score (nSPS) is 11.2. The molecule has 0 saturated heterocycles. The summed E-state index contributed by atoms with van der Waals surface area (Å²) in [5, 5.41) is 5.38. The van der Waals surface area contributed by atoms with E-state index in [2.05, 4.69) is 10.6 Å². The molecule has 0 saturated carbocycles. The number of carbonyl (C=O) groups is 2. The molecule has 0 aromatic heterocycles. The Morgan fingerprint density at radius 3 is 2.16 bits per heavy atom. The van der Waals surface area contributed by atoms with Gasteiger partial charge < -0.3 is 10.6 Å². The predicted molar refractivity (Wildman–Crippen MR) is 126 cm³/mol. The van der Waals surface area contributed by atoms with E-state index in [0.717, 1.165) is 14.1 Å². The van der Waals surface area contributed by atoms with Crippen LogP contribution in [0.4, 0.5) is 11.4 Å². The molecule has 0 aliphatic rings. The lowest BCUT2D eigenvalue weighted by atomic mass is 10.3. The van der Waals surface area contributed by atoms with Crippen molar-refractivity contribution in [1.82, 2.24) is 4.31 Å². The van der Waals surface area contributed by atoms with Crippen molar-refractivity contribution >= 4 is 45.0 Å². The zero-order valence-corrected chi connectivity index (χ0v) is 19.2. The first-order valence-corrected chi connectivity index (χ1v) is 12.0. The van der Waals surface area contributed by atoms with Crippen LogP contribution in [0.1, 0.15) is 6.92 Å². The second kappa shape index (κ2) is 10.4. The van der Waals surface area contributed by atoms with Crippen molar-refractivity contribution in [3.05, 3.63) is 78.9 Å². The van der Waals surface area contributed by atoms with Crippen molar-refractivity contribution < 1.29 is 18.0 Å². The van der Waals surface area contributed by atoms with Crippen LogP contribution in [0, 0.1) is 0 Å². The van der Waals surface area contributed by atoms with Crippen molar-refractivity contribution in [1.29, 1.82) is 0 Å². The van der Waals surface area contributed by atoms with Crippen LogP contribution in [0.5, 0.6) is 0 Å². The Morgan fingerprint density at radius 1 is 0.875 bits per heavy atom. The average molecular weight is 470 g/mol. The highest BCUT2D eigenvalue weighted by atomic mass is 32.2. The second-order valence-corrected chi connectivity index (χ2v) is 10.1. The quantitative estimate of drug-likeness (QED) is 0.519. The summed E-state index contributed by atoms with van der Waals surface area (Å²) in [4.78, 5) is 25.6. The van der Waals surface area contributed by atoms with Crippen molar-refractivity contribution in [2.24, 2.45) is 0 Å². The maximum atomic E-state index is 12.8. The number of nitrogens with one attached hydrogen (secondary N) is 2. The summed E-state index contributed by atoms with van der Waals surface area (Å²) in [6.45, 7) is 1.02. The molecule has 3 aromatic carbocycles. The highest BCUT2D eigenvalue weighted by molar-refractivity contribution is 7.99. The molecule has 0 unspecified atom stereocenters. The Hall–Kier alpha value is -3.14.